The molecule has 74 valence electrons. The van der Waals surface area contributed by atoms with Gasteiger partial charge < -0.3 is 4.90 Å². The molecule has 0 spiro atoms. The fourth-order valence-electron chi connectivity index (χ4n) is 1.10. The van der Waals surface area contributed by atoms with Gasteiger partial charge in [-0.1, -0.05) is 12.2 Å². The van der Waals surface area contributed by atoms with Crippen molar-refractivity contribution in [2.24, 2.45) is 0 Å². The summed E-state index contributed by atoms with van der Waals surface area (Å²) in [6, 6.07) is 0. The maximum Gasteiger partial charge on any atom is 1.00 e. The minimum absolute atomic E-state index is 0. The van der Waals surface area contributed by atoms with Crippen LogP contribution in [-0.2, 0) is 10.1 Å². The molecule has 0 unspecified atom stereocenters. The number of nitrogens with zero attached hydrogens (tertiary/aromatic N) is 1. The van der Waals surface area contributed by atoms with Crippen LogP contribution in [0.1, 0.15) is 12.8 Å². The summed E-state index contributed by atoms with van der Waals surface area (Å²) >= 11 is 0. The van der Waals surface area contributed by atoms with Gasteiger partial charge in [0.15, 0.2) is 0 Å². The third kappa shape index (κ3) is 6.62. The molecule has 14 heavy (non-hydrogen) atoms. The van der Waals surface area contributed by atoms with E-state index in [1.807, 2.05) is 29.5 Å². The molecular weight excluding hydrogens is 213 g/mol. The Balaban J connectivity index is 0.00000169. The standard InChI is InChI=1S/C8H13NO3S.Na/c10-13(11,12)8-4-7-9-5-2-1-3-6-9;/h2-3,5-6H,1,4,7-8H2,(H,10,11,12);/q;+1. The summed E-state index contributed by atoms with van der Waals surface area (Å²) in [5.74, 6) is -0.175. The van der Waals surface area contributed by atoms with Gasteiger partial charge >= 0.3 is 29.6 Å². The zero-order valence-corrected chi connectivity index (χ0v) is 11.1. The molecule has 6 heteroatoms. The Hall–Kier alpha value is 0.190. The van der Waals surface area contributed by atoms with E-state index in [0.717, 1.165) is 6.42 Å². The molecule has 4 nitrogen and oxygen atoms in total. The second-order valence-electron chi connectivity index (χ2n) is 2.88. The molecule has 0 atom stereocenters. The van der Waals surface area contributed by atoms with Crippen molar-refractivity contribution in [2.45, 2.75) is 12.8 Å². The van der Waals surface area contributed by atoms with Gasteiger partial charge in [-0.3, -0.25) is 4.55 Å². The van der Waals surface area contributed by atoms with E-state index in [2.05, 4.69) is 0 Å². The van der Waals surface area contributed by atoms with Crippen molar-refractivity contribution in [3.8, 4) is 0 Å². The van der Waals surface area contributed by atoms with Crippen molar-refractivity contribution in [1.82, 2.24) is 4.90 Å². The number of allylic oxidation sites excluding steroid dienone is 2. The van der Waals surface area contributed by atoms with Crippen molar-refractivity contribution in [2.75, 3.05) is 12.3 Å². The SMILES string of the molecule is O=S(=O)(O)CCCN1C=CCC=C1.[Na+]. The quantitative estimate of drug-likeness (QED) is 0.445. The van der Waals surface area contributed by atoms with Crippen LogP contribution in [-0.4, -0.2) is 30.2 Å². The number of hydrogen-bond acceptors (Lipinski definition) is 3. The molecule has 1 rings (SSSR count). The van der Waals surface area contributed by atoms with E-state index in [9.17, 15) is 8.42 Å². The second-order valence-corrected chi connectivity index (χ2v) is 4.45. The summed E-state index contributed by atoms with van der Waals surface area (Å²) in [4.78, 5) is 1.90. The maximum atomic E-state index is 10.4. The first-order valence-electron chi connectivity index (χ1n) is 4.12. The smallest absolute Gasteiger partial charge is 0.355 e. The van der Waals surface area contributed by atoms with Gasteiger partial charge in [0.2, 0.25) is 0 Å². The van der Waals surface area contributed by atoms with Crippen molar-refractivity contribution in [1.29, 1.82) is 0 Å². The average molecular weight is 226 g/mol. The van der Waals surface area contributed by atoms with E-state index >= 15 is 0 Å². The van der Waals surface area contributed by atoms with Crippen molar-refractivity contribution < 1.29 is 42.5 Å². The molecule has 0 aromatic rings. The summed E-state index contributed by atoms with van der Waals surface area (Å²) in [5, 5.41) is 0. The first-order chi connectivity index (χ1) is 6.08. The average Bonchev–Trinajstić information content (AvgIpc) is 2.04. The normalized spacial score (nSPS) is 15.4. The van der Waals surface area contributed by atoms with E-state index in [1.165, 1.54) is 0 Å². The topological polar surface area (TPSA) is 57.6 Å². The van der Waals surface area contributed by atoms with Gasteiger partial charge in [-0.2, -0.15) is 8.42 Å². The maximum absolute atomic E-state index is 10.4. The van der Waals surface area contributed by atoms with Gasteiger partial charge in [0.05, 0.1) is 5.75 Å². The van der Waals surface area contributed by atoms with E-state index in [1.54, 1.807) is 0 Å². The van der Waals surface area contributed by atoms with Gasteiger partial charge in [0, 0.05) is 6.54 Å². The summed E-state index contributed by atoms with van der Waals surface area (Å²) in [7, 11) is -3.80. The third-order valence-electron chi connectivity index (χ3n) is 1.68. The Kier molecular flexibility index (Phi) is 6.72. The summed E-state index contributed by atoms with van der Waals surface area (Å²) in [6.45, 7) is 0.618. The molecule has 1 heterocycles. The first-order valence-corrected chi connectivity index (χ1v) is 5.73. The molecule has 0 aromatic carbocycles. The van der Waals surface area contributed by atoms with E-state index in [-0.39, 0.29) is 35.3 Å². The first kappa shape index (κ1) is 14.2. The molecule has 0 aromatic heterocycles. The fourth-order valence-corrected chi connectivity index (χ4v) is 1.59. The van der Waals surface area contributed by atoms with Gasteiger partial charge in [-0.05, 0) is 25.2 Å². The summed E-state index contributed by atoms with van der Waals surface area (Å²) in [6.07, 6.45) is 9.16. The van der Waals surface area contributed by atoms with Crippen molar-refractivity contribution in [3.05, 3.63) is 24.6 Å². The molecule has 0 amide bonds. The second kappa shape index (κ2) is 6.63. The molecule has 0 bridgehead atoms. The van der Waals surface area contributed by atoms with Crippen LogP contribution in [0.4, 0.5) is 0 Å². The van der Waals surface area contributed by atoms with Crippen LogP contribution in [0.25, 0.3) is 0 Å². The Morgan fingerprint density at radius 3 is 2.36 bits per heavy atom. The molecular formula is C8H13NNaO3S+. The molecule has 0 radical (unpaired) electrons. The number of rotatable bonds is 4. The van der Waals surface area contributed by atoms with Crippen LogP contribution in [0.3, 0.4) is 0 Å². The summed E-state index contributed by atoms with van der Waals surface area (Å²) < 4.78 is 29.2. The van der Waals surface area contributed by atoms with Crippen LogP contribution < -0.4 is 29.6 Å². The number of hydrogen-bond donors (Lipinski definition) is 1. The van der Waals surface area contributed by atoms with Crippen molar-refractivity contribution in [3.63, 3.8) is 0 Å². The Labute approximate surface area is 107 Å². The van der Waals surface area contributed by atoms with Crippen LogP contribution in [0.5, 0.6) is 0 Å². The van der Waals surface area contributed by atoms with Crippen molar-refractivity contribution >= 4 is 10.1 Å². The molecule has 1 aliphatic heterocycles. The fraction of sp³-hybridized carbons (Fsp3) is 0.500. The summed E-state index contributed by atoms with van der Waals surface area (Å²) in [5.41, 5.74) is 0. The third-order valence-corrected chi connectivity index (χ3v) is 2.49. The molecule has 1 aliphatic rings. The van der Waals surface area contributed by atoms with Crippen LogP contribution in [0.15, 0.2) is 24.6 Å². The van der Waals surface area contributed by atoms with Crippen LogP contribution in [0.2, 0.25) is 0 Å². The van der Waals surface area contributed by atoms with E-state index < -0.39 is 10.1 Å². The Morgan fingerprint density at radius 2 is 1.86 bits per heavy atom. The van der Waals surface area contributed by atoms with Crippen LogP contribution >= 0.6 is 0 Å². The van der Waals surface area contributed by atoms with Gasteiger partial charge in [-0.25, -0.2) is 0 Å². The molecule has 1 N–H and O–H groups in total. The Bertz CT molecular complexity index is 299. The molecule has 0 aliphatic carbocycles. The Morgan fingerprint density at radius 1 is 1.29 bits per heavy atom. The van der Waals surface area contributed by atoms with Gasteiger partial charge in [0.1, 0.15) is 0 Å². The predicted octanol–water partition coefficient (Wildman–Crippen LogP) is -2.00. The van der Waals surface area contributed by atoms with Gasteiger partial charge in [0.25, 0.3) is 10.1 Å². The van der Waals surface area contributed by atoms with E-state index in [0.29, 0.717) is 13.0 Å². The van der Waals surface area contributed by atoms with E-state index in [4.69, 9.17) is 4.55 Å². The zero-order chi connectivity index (χ0) is 9.73. The minimum Gasteiger partial charge on any atom is -0.355 e. The van der Waals surface area contributed by atoms with Crippen LogP contribution in [0, 0.1) is 0 Å². The zero-order valence-electron chi connectivity index (χ0n) is 8.26. The molecule has 0 fully saturated rings. The predicted molar refractivity (Wildman–Crippen MR) is 50.6 cm³/mol. The van der Waals surface area contributed by atoms with Gasteiger partial charge in [-0.15, -0.1) is 0 Å². The molecule has 0 saturated carbocycles. The minimum atomic E-state index is -3.80. The largest absolute Gasteiger partial charge is 1.00 e. The molecule has 0 saturated heterocycles. The monoisotopic (exact) mass is 226 g/mol.